The van der Waals surface area contributed by atoms with Crippen LogP contribution in [-0.2, 0) is 9.47 Å². The highest BCUT2D eigenvalue weighted by molar-refractivity contribution is 5.89. The molecule has 0 radical (unpaired) electrons. The lowest BCUT2D eigenvalue weighted by atomic mass is 9.91. The molecule has 0 saturated carbocycles. The minimum absolute atomic E-state index is 0.115. The van der Waals surface area contributed by atoms with Gasteiger partial charge in [0.2, 0.25) is 0 Å². The fraction of sp³-hybridized carbons (Fsp3) is 0.579. The molecular weight excluding hydrogens is 306 g/mol. The zero-order valence-corrected chi connectivity index (χ0v) is 15.2. The van der Waals surface area contributed by atoms with Crippen molar-refractivity contribution in [1.82, 2.24) is 4.90 Å². The van der Waals surface area contributed by atoms with Gasteiger partial charge < -0.3 is 14.4 Å². The van der Waals surface area contributed by atoms with E-state index in [1.165, 1.54) is 7.11 Å². The molecule has 1 aromatic rings. The van der Waals surface area contributed by atoms with Crippen LogP contribution in [0.5, 0.6) is 0 Å². The zero-order chi connectivity index (χ0) is 17.9. The maximum atomic E-state index is 12.4. The van der Waals surface area contributed by atoms with E-state index in [4.69, 9.17) is 9.47 Å². The van der Waals surface area contributed by atoms with Gasteiger partial charge in [-0.15, -0.1) is 0 Å². The summed E-state index contributed by atoms with van der Waals surface area (Å²) in [6.45, 7) is 8.48. The topological polar surface area (TPSA) is 55.8 Å². The summed E-state index contributed by atoms with van der Waals surface area (Å²) in [6, 6.07) is 7.52. The molecule has 5 heteroatoms. The smallest absolute Gasteiger partial charge is 0.410 e. The monoisotopic (exact) mass is 333 g/mol. The van der Waals surface area contributed by atoms with E-state index in [9.17, 15) is 9.59 Å². The lowest BCUT2D eigenvalue weighted by Gasteiger charge is -2.32. The number of rotatable bonds is 3. The fourth-order valence-corrected chi connectivity index (χ4v) is 3.12. The van der Waals surface area contributed by atoms with Crippen molar-refractivity contribution in [3.8, 4) is 0 Å². The van der Waals surface area contributed by atoms with Crippen LogP contribution in [0.2, 0.25) is 0 Å². The number of hydrogen-bond acceptors (Lipinski definition) is 4. The summed E-state index contributed by atoms with van der Waals surface area (Å²) in [5.74, 6) is -0.169. The molecule has 1 aliphatic rings. The first kappa shape index (κ1) is 18.3. The van der Waals surface area contributed by atoms with Gasteiger partial charge in [-0.05, 0) is 51.3 Å². The van der Waals surface area contributed by atoms with Gasteiger partial charge in [0.25, 0.3) is 0 Å². The van der Waals surface area contributed by atoms with E-state index in [0.717, 1.165) is 24.9 Å². The average Bonchev–Trinajstić information content (AvgIpc) is 3.01. The van der Waals surface area contributed by atoms with Gasteiger partial charge in [-0.25, -0.2) is 9.59 Å². The summed E-state index contributed by atoms with van der Waals surface area (Å²) < 4.78 is 10.3. The molecule has 132 valence electrons. The van der Waals surface area contributed by atoms with E-state index in [0.29, 0.717) is 5.56 Å². The molecule has 1 saturated heterocycles. The molecule has 0 aromatic heterocycles. The molecule has 0 bridgehead atoms. The summed E-state index contributed by atoms with van der Waals surface area (Å²) in [6.07, 6.45) is 1.69. The number of nitrogens with zero attached hydrogens (tertiary/aromatic N) is 1. The van der Waals surface area contributed by atoms with E-state index in [1.54, 1.807) is 12.1 Å². The highest BCUT2D eigenvalue weighted by Crippen LogP contribution is 2.32. The highest BCUT2D eigenvalue weighted by Gasteiger charge is 2.35. The van der Waals surface area contributed by atoms with E-state index in [-0.39, 0.29) is 24.0 Å². The van der Waals surface area contributed by atoms with Crippen LogP contribution in [0.3, 0.4) is 0 Å². The van der Waals surface area contributed by atoms with Gasteiger partial charge in [0.05, 0.1) is 12.7 Å². The van der Waals surface area contributed by atoms with Crippen LogP contribution in [0.1, 0.15) is 62.4 Å². The lowest BCUT2D eigenvalue weighted by molar-refractivity contribution is 0.0209. The van der Waals surface area contributed by atoms with Crippen molar-refractivity contribution < 1.29 is 19.1 Å². The second kappa shape index (κ2) is 7.24. The standard InChI is InChI=1S/C19H27NO4/c1-13(14-8-10-15(11-9-14)17(21)23-5)16-7-6-12-20(16)18(22)24-19(2,3)4/h8-11,13,16H,6-7,12H2,1-5H3/t13-,16+/m0/s1. The first-order chi connectivity index (χ1) is 11.2. The molecule has 1 amide bonds. The number of benzene rings is 1. The van der Waals surface area contributed by atoms with E-state index in [2.05, 4.69) is 6.92 Å². The van der Waals surface area contributed by atoms with Crippen molar-refractivity contribution in [2.45, 2.75) is 58.1 Å². The summed E-state index contributed by atoms with van der Waals surface area (Å²) in [4.78, 5) is 25.8. The molecule has 0 spiro atoms. The summed E-state index contributed by atoms with van der Waals surface area (Å²) in [5, 5.41) is 0. The Morgan fingerprint density at radius 3 is 2.38 bits per heavy atom. The normalized spacial score (nSPS) is 19.0. The van der Waals surface area contributed by atoms with Crippen LogP contribution < -0.4 is 0 Å². The Morgan fingerprint density at radius 2 is 1.83 bits per heavy atom. The van der Waals surface area contributed by atoms with Crippen molar-refractivity contribution in [3.05, 3.63) is 35.4 Å². The van der Waals surface area contributed by atoms with Gasteiger partial charge in [-0.1, -0.05) is 19.1 Å². The van der Waals surface area contributed by atoms with Gasteiger partial charge in [0.15, 0.2) is 0 Å². The largest absolute Gasteiger partial charge is 0.465 e. The molecule has 2 atom stereocenters. The molecule has 1 heterocycles. The number of carbonyl (C=O) groups is 2. The quantitative estimate of drug-likeness (QED) is 0.785. The molecule has 0 unspecified atom stereocenters. The van der Waals surface area contributed by atoms with E-state index in [1.807, 2.05) is 37.8 Å². The van der Waals surface area contributed by atoms with Crippen molar-refractivity contribution in [2.75, 3.05) is 13.7 Å². The maximum Gasteiger partial charge on any atom is 0.410 e. The van der Waals surface area contributed by atoms with Crippen molar-refractivity contribution in [1.29, 1.82) is 0 Å². The van der Waals surface area contributed by atoms with Gasteiger partial charge in [-0.3, -0.25) is 0 Å². The van der Waals surface area contributed by atoms with Crippen LogP contribution in [0.25, 0.3) is 0 Å². The Kier molecular flexibility index (Phi) is 5.52. The van der Waals surface area contributed by atoms with Crippen LogP contribution >= 0.6 is 0 Å². The van der Waals surface area contributed by atoms with Crippen molar-refractivity contribution in [2.24, 2.45) is 0 Å². The van der Waals surface area contributed by atoms with Crippen LogP contribution in [0, 0.1) is 0 Å². The Labute approximate surface area is 143 Å². The van der Waals surface area contributed by atoms with Gasteiger partial charge in [-0.2, -0.15) is 0 Å². The third kappa shape index (κ3) is 4.28. The molecule has 2 rings (SSSR count). The van der Waals surface area contributed by atoms with Crippen LogP contribution in [0.4, 0.5) is 4.79 Å². The van der Waals surface area contributed by atoms with E-state index >= 15 is 0 Å². The fourth-order valence-electron chi connectivity index (χ4n) is 3.12. The number of carbonyl (C=O) groups excluding carboxylic acids is 2. The SMILES string of the molecule is COC(=O)c1ccc([C@H](C)[C@H]2CCCN2C(=O)OC(C)(C)C)cc1. The minimum atomic E-state index is -0.490. The highest BCUT2D eigenvalue weighted by atomic mass is 16.6. The number of hydrogen-bond donors (Lipinski definition) is 0. The zero-order valence-electron chi connectivity index (χ0n) is 15.2. The molecule has 0 aliphatic carbocycles. The predicted octanol–water partition coefficient (Wildman–Crippen LogP) is 3.98. The number of ether oxygens (including phenoxy) is 2. The Bertz CT molecular complexity index is 588. The molecule has 0 N–H and O–H groups in total. The van der Waals surface area contributed by atoms with Gasteiger partial charge >= 0.3 is 12.1 Å². The third-order valence-electron chi connectivity index (χ3n) is 4.36. The predicted molar refractivity (Wildman–Crippen MR) is 92.2 cm³/mol. The van der Waals surface area contributed by atoms with Crippen LogP contribution in [0.15, 0.2) is 24.3 Å². The number of esters is 1. The molecular formula is C19H27NO4. The van der Waals surface area contributed by atoms with Gasteiger partial charge in [0, 0.05) is 18.5 Å². The summed E-state index contributed by atoms with van der Waals surface area (Å²) >= 11 is 0. The molecule has 24 heavy (non-hydrogen) atoms. The Balaban J connectivity index is 2.11. The maximum absolute atomic E-state index is 12.4. The average molecular weight is 333 g/mol. The Hall–Kier alpha value is -2.04. The van der Waals surface area contributed by atoms with Crippen molar-refractivity contribution in [3.63, 3.8) is 0 Å². The molecule has 1 aliphatic heterocycles. The number of likely N-dealkylation sites (tertiary alicyclic amines) is 1. The summed E-state index contributed by atoms with van der Waals surface area (Å²) in [7, 11) is 1.37. The lowest BCUT2D eigenvalue weighted by Crippen LogP contribution is -2.41. The summed E-state index contributed by atoms with van der Waals surface area (Å²) in [5.41, 5.74) is 1.14. The molecule has 1 fully saturated rings. The third-order valence-corrected chi connectivity index (χ3v) is 4.36. The van der Waals surface area contributed by atoms with Crippen LogP contribution in [-0.4, -0.2) is 42.3 Å². The molecule has 1 aromatic carbocycles. The second-order valence-electron chi connectivity index (χ2n) is 7.29. The molecule has 5 nitrogen and oxygen atoms in total. The number of methoxy groups -OCH3 is 1. The number of amides is 1. The Morgan fingerprint density at radius 1 is 1.21 bits per heavy atom. The van der Waals surface area contributed by atoms with E-state index < -0.39 is 5.60 Å². The van der Waals surface area contributed by atoms with Gasteiger partial charge in [0.1, 0.15) is 5.60 Å². The minimum Gasteiger partial charge on any atom is -0.465 e. The second-order valence-corrected chi connectivity index (χ2v) is 7.29. The van der Waals surface area contributed by atoms with Crippen molar-refractivity contribution >= 4 is 12.1 Å². The first-order valence-corrected chi connectivity index (χ1v) is 8.41. The first-order valence-electron chi connectivity index (χ1n) is 8.41.